The molecule has 0 radical (unpaired) electrons. The van der Waals surface area contributed by atoms with E-state index < -0.39 is 9.73 Å². The van der Waals surface area contributed by atoms with Crippen molar-refractivity contribution >= 4 is 9.73 Å². The maximum atomic E-state index is 11.4. The first-order valence-corrected chi connectivity index (χ1v) is 5.16. The van der Waals surface area contributed by atoms with Gasteiger partial charge >= 0.3 is 0 Å². The van der Waals surface area contributed by atoms with E-state index in [1.54, 1.807) is 0 Å². The highest BCUT2D eigenvalue weighted by molar-refractivity contribution is 7.94. The van der Waals surface area contributed by atoms with Crippen LogP contribution in [0.4, 0.5) is 0 Å². The second-order valence-corrected chi connectivity index (χ2v) is 5.67. The fraction of sp³-hybridized carbons (Fsp3) is 1.00. The van der Waals surface area contributed by atoms with Gasteiger partial charge in [-0.3, -0.25) is 4.78 Å². The van der Waals surface area contributed by atoms with Crippen LogP contribution in [-0.2, 0) is 9.73 Å². The maximum Gasteiger partial charge on any atom is 0.0499 e. The molecule has 2 aliphatic rings. The second-order valence-electron chi connectivity index (χ2n) is 3.05. The number of rotatable bonds is 2. The van der Waals surface area contributed by atoms with Gasteiger partial charge in [0.1, 0.15) is 0 Å². The first-order valence-electron chi connectivity index (χ1n) is 3.48. The van der Waals surface area contributed by atoms with Crippen molar-refractivity contribution in [3.63, 3.8) is 0 Å². The van der Waals surface area contributed by atoms with Gasteiger partial charge in [-0.25, -0.2) is 4.21 Å². The summed E-state index contributed by atoms with van der Waals surface area (Å²) in [7, 11) is -2.09. The van der Waals surface area contributed by atoms with Gasteiger partial charge in [0.15, 0.2) is 0 Å². The van der Waals surface area contributed by atoms with Crippen LogP contribution >= 0.6 is 0 Å². The largest absolute Gasteiger partial charge is 0.252 e. The van der Waals surface area contributed by atoms with Crippen molar-refractivity contribution in [3.8, 4) is 0 Å². The van der Waals surface area contributed by atoms with Crippen LogP contribution in [0.1, 0.15) is 25.7 Å². The Labute approximate surface area is 55.6 Å². The number of hydrogen-bond acceptors (Lipinski definition) is 2. The lowest BCUT2D eigenvalue weighted by molar-refractivity contribution is 0.673. The fourth-order valence-corrected chi connectivity index (χ4v) is 3.33. The minimum Gasteiger partial charge on any atom is -0.252 e. The lowest BCUT2D eigenvalue weighted by Gasteiger charge is -1.99. The molecule has 2 nitrogen and oxygen atoms in total. The standard InChI is InChI=1S/C6H11NOS/c7-9(8,5-1-2-5)6-3-4-6/h5-7H,1-4H2. The smallest absolute Gasteiger partial charge is 0.0499 e. The Morgan fingerprint density at radius 2 is 1.44 bits per heavy atom. The third-order valence-corrected chi connectivity index (χ3v) is 4.96. The zero-order chi connectivity index (χ0) is 6.48. The quantitative estimate of drug-likeness (QED) is 0.626. The molecule has 2 saturated carbocycles. The van der Waals surface area contributed by atoms with E-state index in [4.69, 9.17) is 4.78 Å². The molecule has 9 heavy (non-hydrogen) atoms. The summed E-state index contributed by atoms with van der Waals surface area (Å²) >= 11 is 0. The van der Waals surface area contributed by atoms with Crippen LogP contribution in [0.25, 0.3) is 0 Å². The predicted octanol–water partition coefficient (Wildman–Crippen LogP) is 1.36. The average Bonchev–Trinajstić information content (AvgIpc) is 2.62. The molecule has 0 saturated heterocycles. The van der Waals surface area contributed by atoms with Gasteiger partial charge in [-0.05, 0) is 25.7 Å². The van der Waals surface area contributed by atoms with E-state index in [1.807, 2.05) is 0 Å². The molecule has 2 fully saturated rings. The summed E-state index contributed by atoms with van der Waals surface area (Å²) in [5, 5.41) is 0.593. The Hall–Kier alpha value is -0.0500. The molecule has 0 aliphatic heterocycles. The highest BCUT2D eigenvalue weighted by Crippen LogP contribution is 2.40. The lowest BCUT2D eigenvalue weighted by atomic mass is 10.9. The Bertz CT molecular complexity index is 193. The third kappa shape index (κ3) is 0.874. The molecular formula is C6H11NOS. The van der Waals surface area contributed by atoms with Gasteiger partial charge in [-0.1, -0.05) is 0 Å². The van der Waals surface area contributed by atoms with Crippen LogP contribution in [0.15, 0.2) is 0 Å². The summed E-state index contributed by atoms with van der Waals surface area (Å²) in [5.74, 6) is 0. The van der Waals surface area contributed by atoms with Crippen LogP contribution in [0.2, 0.25) is 0 Å². The summed E-state index contributed by atoms with van der Waals surface area (Å²) in [5.41, 5.74) is 0. The third-order valence-electron chi connectivity index (χ3n) is 2.04. The van der Waals surface area contributed by atoms with Gasteiger partial charge in [-0.15, -0.1) is 0 Å². The molecule has 0 aromatic carbocycles. The first kappa shape index (κ1) is 5.71. The molecule has 0 unspecified atom stereocenters. The van der Waals surface area contributed by atoms with E-state index in [2.05, 4.69) is 0 Å². The van der Waals surface area contributed by atoms with Gasteiger partial charge in [0.2, 0.25) is 0 Å². The molecular weight excluding hydrogens is 134 g/mol. The Balaban J connectivity index is 2.20. The van der Waals surface area contributed by atoms with Crippen LogP contribution < -0.4 is 0 Å². The van der Waals surface area contributed by atoms with Crippen molar-refractivity contribution in [2.45, 2.75) is 36.2 Å². The minimum atomic E-state index is -2.09. The Morgan fingerprint density at radius 1 is 1.11 bits per heavy atom. The van der Waals surface area contributed by atoms with E-state index in [0.29, 0.717) is 10.5 Å². The summed E-state index contributed by atoms with van der Waals surface area (Å²) in [6.45, 7) is 0. The van der Waals surface area contributed by atoms with Gasteiger partial charge in [0.25, 0.3) is 0 Å². The summed E-state index contributed by atoms with van der Waals surface area (Å²) in [6, 6.07) is 0. The van der Waals surface area contributed by atoms with E-state index >= 15 is 0 Å². The van der Waals surface area contributed by atoms with Crippen molar-refractivity contribution in [1.29, 1.82) is 4.78 Å². The highest BCUT2D eigenvalue weighted by Gasteiger charge is 2.42. The predicted molar refractivity (Wildman–Crippen MR) is 36.9 cm³/mol. The zero-order valence-corrected chi connectivity index (χ0v) is 6.12. The van der Waals surface area contributed by atoms with Gasteiger partial charge in [0, 0.05) is 20.2 Å². The molecule has 52 valence electrons. The zero-order valence-electron chi connectivity index (χ0n) is 5.30. The molecule has 1 N–H and O–H groups in total. The summed E-state index contributed by atoms with van der Waals surface area (Å²) in [4.78, 5) is 0. The second kappa shape index (κ2) is 1.51. The van der Waals surface area contributed by atoms with Crippen molar-refractivity contribution in [2.24, 2.45) is 0 Å². The van der Waals surface area contributed by atoms with E-state index in [-0.39, 0.29) is 0 Å². The normalized spacial score (nSPS) is 28.4. The molecule has 3 heteroatoms. The number of nitrogens with one attached hydrogen (secondary N) is 1. The van der Waals surface area contributed by atoms with Crippen molar-refractivity contribution in [3.05, 3.63) is 0 Å². The monoisotopic (exact) mass is 145 g/mol. The van der Waals surface area contributed by atoms with E-state index in [1.165, 1.54) is 0 Å². The number of hydrogen-bond donors (Lipinski definition) is 1. The van der Waals surface area contributed by atoms with Gasteiger partial charge in [0.05, 0.1) is 0 Å². The van der Waals surface area contributed by atoms with Crippen LogP contribution in [-0.4, -0.2) is 14.7 Å². The van der Waals surface area contributed by atoms with E-state index in [0.717, 1.165) is 25.7 Å². The summed E-state index contributed by atoms with van der Waals surface area (Å²) < 4.78 is 18.9. The molecule has 0 aromatic heterocycles. The van der Waals surface area contributed by atoms with E-state index in [9.17, 15) is 4.21 Å². The van der Waals surface area contributed by atoms with Crippen LogP contribution in [0.5, 0.6) is 0 Å². The first-order chi connectivity index (χ1) is 4.21. The molecule has 2 aliphatic carbocycles. The summed E-state index contributed by atoms with van der Waals surface area (Å²) in [6.07, 6.45) is 4.22. The Kier molecular flexibility index (Phi) is 0.958. The molecule has 0 heterocycles. The minimum absolute atomic E-state index is 0.296. The van der Waals surface area contributed by atoms with Gasteiger partial charge in [-0.2, -0.15) is 0 Å². The fourth-order valence-electron chi connectivity index (χ4n) is 1.11. The van der Waals surface area contributed by atoms with Crippen molar-refractivity contribution < 1.29 is 4.21 Å². The molecule has 0 amide bonds. The average molecular weight is 145 g/mol. The molecule has 0 bridgehead atoms. The highest BCUT2D eigenvalue weighted by atomic mass is 32.2. The van der Waals surface area contributed by atoms with Crippen molar-refractivity contribution in [2.75, 3.05) is 0 Å². The van der Waals surface area contributed by atoms with Crippen LogP contribution in [0.3, 0.4) is 0 Å². The maximum absolute atomic E-state index is 11.4. The Morgan fingerprint density at radius 3 is 1.67 bits per heavy atom. The topological polar surface area (TPSA) is 40.9 Å². The SMILES string of the molecule is N=S(=O)(C1CC1)C1CC1. The molecule has 0 spiro atoms. The molecule has 0 aromatic rings. The van der Waals surface area contributed by atoms with Crippen molar-refractivity contribution in [1.82, 2.24) is 0 Å². The van der Waals surface area contributed by atoms with Gasteiger partial charge < -0.3 is 0 Å². The molecule has 2 rings (SSSR count). The molecule has 0 atom stereocenters. The van der Waals surface area contributed by atoms with Crippen LogP contribution in [0, 0.1) is 4.78 Å². The lowest BCUT2D eigenvalue weighted by Crippen LogP contribution is -2.09.